The van der Waals surface area contributed by atoms with Crippen molar-refractivity contribution in [1.29, 1.82) is 0 Å². The first-order valence-corrected chi connectivity index (χ1v) is 6.48. The van der Waals surface area contributed by atoms with Gasteiger partial charge in [0.2, 0.25) is 0 Å². The summed E-state index contributed by atoms with van der Waals surface area (Å²) in [6.45, 7) is 4.18. The quantitative estimate of drug-likeness (QED) is 0.912. The molecule has 1 aromatic carbocycles. The fourth-order valence-electron chi connectivity index (χ4n) is 2.33. The lowest BCUT2D eigenvalue weighted by atomic mass is 10.0. The summed E-state index contributed by atoms with van der Waals surface area (Å²) in [6.07, 6.45) is 0. The minimum atomic E-state index is -0.625. The summed E-state index contributed by atoms with van der Waals surface area (Å²) in [5.74, 6) is -0.424. The Morgan fingerprint density at radius 2 is 2.06 bits per heavy atom. The highest BCUT2D eigenvalue weighted by Gasteiger charge is 2.27. The van der Waals surface area contributed by atoms with E-state index in [1.54, 1.807) is 13.0 Å². The maximum absolute atomic E-state index is 13.9. The second kappa shape index (κ2) is 5.95. The van der Waals surface area contributed by atoms with E-state index in [2.05, 4.69) is 5.32 Å². The van der Waals surface area contributed by atoms with Gasteiger partial charge in [0.1, 0.15) is 12.5 Å². The SMILES string of the molecule is Cc1ccc(F)c([C@@H](CF)N2CCNCC2)c1Cl. The molecular weight excluding hydrogens is 258 g/mol. The Hall–Kier alpha value is -0.710. The number of hydrogen-bond donors (Lipinski definition) is 1. The standard InChI is InChI=1S/C13H17ClF2N2/c1-9-2-3-10(16)12(13(9)14)11(8-15)18-6-4-17-5-7-18/h2-3,11,17H,4-8H2,1H3/t11-/m1/s1. The van der Waals surface area contributed by atoms with Crippen molar-refractivity contribution in [1.82, 2.24) is 10.2 Å². The molecule has 0 aromatic heterocycles. The average molecular weight is 275 g/mol. The highest BCUT2D eigenvalue weighted by Crippen LogP contribution is 2.32. The average Bonchev–Trinajstić information content (AvgIpc) is 2.40. The monoisotopic (exact) mass is 274 g/mol. The van der Waals surface area contributed by atoms with Crippen molar-refractivity contribution >= 4 is 11.6 Å². The lowest BCUT2D eigenvalue weighted by Gasteiger charge is -2.34. The van der Waals surface area contributed by atoms with Crippen LogP contribution < -0.4 is 5.32 Å². The van der Waals surface area contributed by atoms with Gasteiger partial charge in [-0.05, 0) is 18.6 Å². The Morgan fingerprint density at radius 1 is 1.39 bits per heavy atom. The number of piperazine rings is 1. The molecule has 0 unspecified atom stereocenters. The van der Waals surface area contributed by atoms with Crippen molar-refractivity contribution in [2.45, 2.75) is 13.0 Å². The van der Waals surface area contributed by atoms with Crippen molar-refractivity contribution in [3.63, 3.8) is 0 Å². The van der Waals surface area contributed by atoms with Crippen LogP contribution in [0.25, 0.3) is 0 Å². The summed E-state index contributed by atoms with van der Waals surface area (Å²) >= 11 is 6.14. The number of aryl methyl sites for hydroxylation is 1. The summed E-state index contributed by atoms with van der Waals surface area (Å²) < 4.78 is 27.3. The van der Waals surface area contributed by atoms with Crippen LogP contribution >= 0.6 is 11.6 Å². The zero-order valence-electron chi connectivity index (χ0n) is 10.3. The fourth-order valence-corrected chi connectivity index (χ4v) is 2.61. The molecule has 0 amide bonds. The van der Waals surface area contributed by atoms with Crippen LogP contribution in [0, 0.1) is 12.7 Å². The number of hydrogen-bond acceptors (Lipinski definition) is 2. The molecule has 0 bridgehead atoms. The van der Waals surface area contributed by atoms with Crippen LogP contribution in [0.3, 0.4) is 0 Å². The fraction of sp³-hybridized carbons (Fsp3) is 0.538. The molecule has 0 spiro atoms. The molecule has 0 saturated carbocycles. The lowest BCUT2D eigenvalue weighted by molar-refractivity contribution is 0.144. The van der Waals surface area contributed by atoms with E-state index in [0.29, 0.717) is 23.7 Å². The number of rotatable bonds is 3. The van der Waals surface area contributed by atoms with Crippen molar-refractivity contribution in [3.05, 3.63) is 34.1 Å². The van der Waals surface area contributed by atoms with Gasteiger partial charge in [0.05, 0.1) is 11.1 Å². The van der Waals surface area contributed by atoms with E-state index in [1.807, 2.05) is 4.90 Å². The second-order valence-corrected chi connectivity index (χ2v) is 4.93. The zero-order chi connectivity index (χ0) is 13.1. The number of alkyl halides is 1. The molecule has 100 valence electrons. The molecule has 0 radical (unpaired) electrons. The van der Waals surface area contributed by atoms with E-state index in [1.165, 1.54) is 6.07 Å². The predicted octanol–water partition coefficient (Wildman–Crippen LogP) is 2.70. The Bertz CT molecular complexity index is 420. The van der Waals surface area contributed by atoms with Gasteiger partial charge in [-0.1, -0.05) is 17.7 Å². The summed E-state index contributed by atoms with van der Waals surface area (Å²) in [7, 11) is 0. The number of nitrogens with zero attached hydrogens (tertiary/aromatic N) is 1. The van der Waals surface area contributed by atoms with E-state index >= 15 is 0 Å². The Balaban J connectivity index is 2.34. The minimum Gasteiger partial charge on any atom is -0.314 e. The van der Waals surface area contributed by atoms with Gasteiger partial charge >= 0.3 is 0 Å². The molecule has 1 fully saturated rings. The van der Waals surface area contributed by atoms with Gasteiger partial charge in [-0.15, -0.1) is 0 Å². The minimum absolute atomic E-state index is 0.293. The van der Waals surface area contributed by atoms with Crippen LogP contribution in [0.5, 0.6) is 0 Å². The van der Waals surface area contributed by atoms with Gasteiger partial charge < -0.3 is 5.32 Å². The smallest absolute Gasteiger partial charge is 0.129 e. The molecule has 1 N–H and O–H groups in total. The molecule has 18 heavy (non-hydrogen) atoms. The normalized spacial score (nSPS) is 18.9. The van der Waals surface area contributed by atoms with E-state index in [4.69, 9.17) is 11.6 Å². The maximum atomic E-state index is 13.9. The van der Waals surface area contributed by atoms with E-state index in [0.717, 1.165) is 18.7 Å². The van der Waals surface area contributed by atoms with Gasteiger partial charge in [-0.2, -0.15) is 0 Å². The van der Waals surface area contributed by atoms with Crippen LogP contribution in [0.1, 0.15) is 17.2 Å². The van der Waals surface area contributed by atoms with Crippen LogP contribution in [0.4, 0.5) is 8.78 Å². The lowest BCUT2D eigenvalue weighted by Crippen LogP contribution is -2.46. The zero-order valence-corrected chi connectivity index (χ0v) is 11.1. The number of nitrogens with one attached hydrogen (secondary N) is 1. The summed E-state index contributed by atoms with van der Waals surface area (Å²) in [6, 6.07) is 2.40. The Kier molecular flexibility index (Phi) is 4.54. The highest BCUT2D eigenvalue weighted by molar-refractivity contribution is 6.32. The molecule has 1 aliphatic heterocycles. The molecule has 1 saturated heterocycles. The molecule has 5 heteroatoms. The topological polar surface area (TPSA) is 15.3 Å². The number of halogens is 3. The highest BCUT2D eigenvalue weighted by atomic mass is 35.5. The van der Waals surface area contributed by atoms with Gasteiger partial charge in [-0.3, -0.25) is 4.90 Å². The van der Waals surface area contributed by atoms with Gasteiger partial charge in [0.15, 0.2) is 0 Å². The van der Waals surface area contributed by atoms with Gasteiger partial charge in [0, 0.05) is 31.7 Å². The summed E-state index contributed by atoms with van der Waals surface area (Å²) in [4.78, 5) is 1.94. The Labute approximate surface area is 111 Å². The molecule has 2 nitrogen and oxygen atoms in total. The second-order valence-electron chi connectivity index (χ2n) is 4.55. The maximum Gasteiger partial charge on any atom is 0.129 e. The predicted molar refractivity (Wildman–Crippen MR) is 69.3 cm³/mol. The summed E-state index contributed by atoms with van der Waals surface area (Å²) in [5, 5.41) is 3.54. The van der Waals surface area contributed by atoms with E-state index in [9.17, 15) is 8.78 Å². The number of benzene rings is 1. The van der Waals surface area contributed by atoms with Crippen molar-refractivity contribution in [3.8, 4) is 0 Å². The molecule has 2 rings (SSSR count). The van der Waals surface area contributed by atoms with Crippen LogP contribution in [0.2, 0.25) is 5.02 Å². The van der Waals surface area contributed by atoms with Crippen molar-refractivity contribution in [2.24, 2.45) is 0 Å². The first kappa shape index (κ1) is 13.7. The first-order valence-electron chi connectivity index (χ1n) is 6.10. The summed E-state index contributed by atoms with van der Waals surface area (Å²) in [5.41, 5.74) is 1.07. The molecule has 0 aliphatic carbocycles. The van der Waals surface area contributed by atoms with Gasteiger partial charge in [0.25, 0.3) is 0 Å². The van der Waals surface area contributed by atoms with Gasteiger partial charge in [-0.25, -0.2) is 8.78 Å². The molecular formula is C13H17ClF2N2. The molecule has 1 aliphatic rings. The van der Waals surface area contributed by atoms with E-state index in [-0.39, 0.29) is 0 Å². The first-order chi connectivity index (χ1) is 8.65. The van der Waals surface area contributed by atoms with Crippen LogP contribution in [0.15, 0.2) is 12.1 Å². The van der Waals surface area contributed by atoms with Crippen molar-refractivity contribution < 1.29 is 8.78 Å². The van der Waals surface area contributed by atoms with E-state index < -0.39 is 18.5 Å². The van der Waals surface area contributed by atoms with Crippen LogP contribution in [-0.4, -0.2) is 37.8 Å². The third-order valence-electron chi connectivity index (χ3n) is 3.39. The van der Waals surface area contributed by atoms with Crippen molar-refractivity contribution in [2.75, 3.05) is 32.9 Å². The third kappa shape index (κ3) is 2.66. The third-order valence-corrected chi connectivity index (χ3v) is 3.89. The molecule has 1 aromatic rings. The largest absolute Gasteiger partial charge is 0.314 e. The molecule has 1 heterocycles. The van der Waals surface area contributed by atoms with Crippen LogP contribution in [-0.2, 0) is 0 Å². The Morgan fingerprint density at radius 3 is 2.67 bits per heavy atom. The molecule has 1 atom stereocenters.